The molecular formula is C18H24N2O3. The van der Waals surface area contributed by atoms with Crippen molar-refractivity contribution in [1.82, 2.24) is 4.90 Å². The molecule has 0 saturated carbocycles. The molecule has 1 fully saturated rings. The summed E-state index contributed by atoms with van der Waals surface area (Å²) in [5.74, 6) is -0.846. The van der Waals surface area contributed by atoms with E-state index in [9.17, 15) is 9.59 Å². The van der Waals surface area contributed by atoms with E-state index in [1.807, 2.05) is 25.1 Å². The van der Waals surface area contributed by atoms with Gasteiger partial charge in [-0.3, -0.25) is 14.5 Å². The van der Waals surface area contributed by atoms with Crippen LogP contribution in [0, 0.1) is 5.92 Å². The molecule has 1 aromatic rings. The molecule has 0 aliphatic carbocycles. The highest BCUT2D eigenvalue weighted by Crippen LogP contribution is 2.25. The SMILES string of the molecule is CC(C(=O)c1ccc2c(c1)CCCN2)N1CCC(C(=O)O)CC1. The highest BCUT2D eigenvalue weighted by molar-refractivity contribution is 6.00. The highest BCUT2D eigenvalue weighted by Gasteiger charge is 2.30. The summed E-state index contributed by atoms with van der Waals surface area (Å²) in [6.07, 6.45) is 3.37. The molecule has 124 valence electrons. The van der Waals surface area contributed by atoms with Gasteiger partial charge < -0.3 is 10.4 Å². The maximum atomic E-state index is 12.8. The molecule has 0 aromatic heterocycles. The number of fused-ring (bicyclic) bond motifs is 1. The molecule has 1 unspecified atom stereocenters. The van der Waals surface area contributed by atoms with Gasteiger partial charge in [0, 0.05) is 17.8 Å². The van der Waals surface area contributed by atoms with Crippen LogP contribution in [0.1, 0.15) is 42.1 Å². The van der Waals surface area contributed by atoms with E-state index in [1.165, 1.54) is 5.56 Å². The lowest BCUT2D eigenvalue weighted by atomic mass is 9.93. The van der Waals surface area contributed by atoms with E-state index in [0.29, 0.717) is 25.9 Å². The number of Topliss-reactive ketones (excluding diaryl/α,β-unsaturated/α-hetero) is 1. The van der Waals surface area contributed by atoms with Crippen LogP contribution in [0.4, 0.5) is 5.69 Å². The fourth-order valence-corrected chi connectivity index (χ4v) is 3.57. The Kier molecular flexibility index (Phi) is 4.66. The number of carboxylic acid groups (broad SMARTS) is 1. The minimum Gasteiger partial charge on any atom is -0.481 e. The Morgan fingerprint density at radius 1 is 1.30 bits per heavy atom. The Labute approximate surface area is 136 Å². The summed E-state index contributed by atoms with van der Waals surface area (Å²) >= 11 is 0. The summed E-state index contributed by atoms with van der Waals surface area (Å²) in [5.41, 5.74) is 3.13. The number of nitrogens with zero attached hydrogens (tertiary/aromatic N) is 1. The van der Waals surface area contributed by atoms with E-state index in [0.717, 1.165) is 30.6 Å². The van der Waals surface area contributed by atoms with Crippen LogP contribution in [0.3, 0.4) is 0 Å². The van der Waals surface area contributed by atoms with Gasteiger partial charge in [0.2, 0.25) is 0 Å². The van der Waals surface area contributed by atoms with Crippen molar-refractivity contribution in [3.63, 3.8) is 0 Å². The van der Waals surface area contributed by atoms with Gasteiger partial charge in [-0.25, -0.2) is 0 Å². The standard InChI is InChI=1S/C18H24N2O3/c1-12(20-9-6-13(7-10-20)18(22)23)17(21)15-4-5-16-14(11-15)3-2-8-19-16/h4-5,11-13,19H,2-3,6-10H2,1H3,(H,22,23). The average molecular weight is 316 g/mol. The normalized spacial score (nSPS) is 20.4. The van der Waals surface area contributed by atoms with E-state index in [4.69, 9.17) is 5.11 Å². The van der Waals surface area contributed by atoms with Crippen molar-refractivity contribution in [2.24, 2.45) is 5.92 Å². The summed E-state index contributed by atoms with van der Waals surface area (Å²) in [6, 6.07) is 5.73. The second-order valence-corrected chi connectivity index (χ2v) is 6.59. The van der Waals surface area contributed by atoms with E-state index >= 15 is 0 Å². The van der Waals surface area contributed by atoms with Crippen molar-refractivity contribution in [3.8, 4) is 0 Å². The number of aryl methyl sites for hydroxylation is 1. The quantitative estimate of drug-likeness (QED) is 0.835. The lowest BCUT2D eigenvalue weighted by Crippen LogP contribution is -2.45. The number of hydrogen-bond acceptors (Lipinski definition) is 4. The number of rotatable bonds is 4. The third-order valence-corrected chi connectivity index (χ3v) is 5.13. The number of anilines is 1. The van der Waals surface area contributed by atoms with Gasteiger partial charge in [0.15, 0.2) is 5.78 Å². The number of piperidine rings is 1. The van der Waals surface area contributed by atoms with Crippen LogP contribution in [0.25, 0.3) is 0 Å². The predicted octanol–water partition coefficient (Wildman–Crippen LogP) is 2.41. The lowest BCUT2D eigenvalue weighted by Gasteiger charge is -2.34. The van der Waals surface area contributed by atoms with Gasteiger partial charge in [-0.2, -0.15) is 0 Å². The third kappa shape index (κ3) is 3.39. The molecule has 5 heteroatoms. The van der Waals surface area contributed by atoms with E-state index < -0.39 is 5.97 Å². The molecule has 2 heterocycles. The maximum absolute atomic E-state index is 12.8. The van der Waals surface area contributed by atoms with Crippen LogP contribution >= 0.6 is 0 Å². The number of carbonyl (C=O) groups is 2. The first kappa shape index (κ1) is 16.0. The molecule has 2 aliphatic rings. The van der Waals surface area contributed by atoms with Gasteiger partial charge in [0.05, 0.1) is 12.0 Å². The Balaban J connectivity index is 1.67. The molecule has 2 aliphatic heterocycles. The van der Waals surface area contributed by atoms with Crippen molar-refractivity contribution in [2.45, 2.75) is 38.6 Å². The number of likely N-dealkylation sites (tertiary alicyclic amines) is 1. The monoisotopic (exact) mass is 316 g/mol. The van der Waals surface area contributed by atoms with Crippen LogP contribution in [-0.2, 0) is 11.2 Å². The first-order valence-electron chi connectivity index (χ1n) is 8.44. The molecule has 3 rings (SSSR count). The topological polar surface area (TPSA) is 69.6 Å². The Morgan fingerprint density at radius 2 is 2.04 bits per heavy atom. The highest BCUT2D eigenvalue weighted by atomic mass is 16.4. The van der Waals surface area contributed by atoms with E-state index in [1.54, 1.807) is 0 Å². The van der Waals surface area contributed by atoms with Gasteiger partial charge in [-0.05, 0) is 69.5 Å². The summed E-state index contributed by atoms with van der Waals surface area (Å²) in [7, 11) is 0. The zero-order valence-electron chi connectivity index (χ0n) is 13.5. The van der Waals surface area contributed by atoms with E-state index in [2.05, 4.69) is 10.2 Å². The zero-order valence-corrected chi connectivity index (χ0v) is 13.5. The molecule has 23 heavy (non-hydrogen) atoms. The van der Waals surface area contributed by atoms with Gasteiger partial charge in [0.1, 0.15) is 0 Å². The Bertz CT molecular complexity index is 606. The number of hydrogen-bond donors (Lipinski definition) is 2. The maximum Gasteiger partial charge on any atom is 0.306 e. The number of carboxylic acids is 1. The Morgan fingerprint density at radius 3 is 2.74 bits per heavy atom. The van der Waals surface area contributed by atoms with Gasteiger partial charge in [0.25, 0.3) is 0 Å². The third-order valence-electron chi connectivity index (χ3n) is 5.13. The minimum atomic E-state index is -0.717. The molecule has 2 N–H and O–H groups in total. The minimum absolute atomic E-state index is 0.132. The van der Waals surface area contributed by atoms with Crippen LogP contribution in [0.15, 0.2) is 18.2 Å². The Hall–Kier alpha value is -1.88. The summed E-state index contributed by atoms with van der Waals surface area (Å²) in [6.45, 7) is 4.28. The van der Waals surface area contributed by atoms with Crippen molar-refractivity contribution < 1.29 is 14.7 Å². The number of benzene rings is 1. The molecule has 5 nitrogen and oxygen atoms in total. The first-order chi connectivity index (χ1) is 11.1. The molecular weight excluding hydrogens is 292 g/mol. The fourth-order valence-electron chi connectivity index (χ4n) is 3.57. The summed E-state index contributed by atoms with van der Waals surface area (Å²) < 4.78 is 0. The largest absolute Gasteiger partial charge is 0.481 e. The van der Waals surface area contributed by atoms with Gasteiger partial charge in [-0.15, -0.1) is 0 Å². The molecule has 1 aromatic carbocycles. The summed E-state index contributed by atoms with van der Waals surface area (Å²) in [4.78, 5) is 25.9. The molecule has 0 radical (unpaired) electrons. The first-order valence-corrected chi connectivity index (χ1v) is 8.44. The molecule has 1 atom stereocenters. The molecule has 1 saturated heterocycles. The zero-order chi connectivity index (χ0) is 16.4. The van der Waals surface area contributed by atoms with Gasteiger partial charge in [-0.1, -0.05) is 0 Å². The second kappa shape index (κ2) is 6.71. The number of carbonyl (C=O) groups excluding carboxylic acids is 1. The van der Waals surface area contributed by atoms with Crippen LogP contribution in [0.2, 0.25) is 0 Å². The van der Waals surface area contributed by atoms with Crippen molar-refractivity contribution in [3.05, 3.63) is 29.3 Å². The second-order valence-electron chi connectivity index (χ2n) is 6.59. The van der Waals surface area contributed by atoms with Crippen molar-refractivity contribution in [1.29, 1.82) is 0 Å². The number of aliphatic carboxylic acids is 1. The van der Waals surface area contributed by atoms with Gasteiger partial charge >= 0.3 is 5.97 Å². The fraction of sp³-hybridized carbons (Fsp3) is 0.556. The van der Waals surface area contributed by atoms with Crippen molar-refractivity contribution in [2.75, 3.05) is 25.0 Å². The smallest absolute Gasteiger partial charge is 0.306 e. The van der Waals surface area contributed by atoms with Crippen LogP contribution in [0.5, 0.6) is 0 Å². The van der Waals surface area contributed by atoms with Crippen LogP contribution < -0.4 is 5.32 Å². The van der Waals surface area contributed by atoms with Crippen molar-refractivity contribution >= 4 is 17.4 Å². The number of ketones is 1. The summed E-state index contributed by atoms with van der Waals surface area (Å²) in [5, 5.41) is 12.4. The molecule has 0 amide bonds. The molecule has 0 spiro atoms. The van der Waals surface area contributed by atoms with Crippen LogP contribution in [-0.4, -0.2) is 47.4 Å². The predicted molar refractivity (Wildman–Crippen MR) is 89.0 cm³/mol. The number of nitrogens with one attached hydrogen (secondary N) is 1. The van der Waals surface area contributed by atoms with E-state index in [-0.39, 0.29) is 17.7 Å². The molecule has 0 bridgehead atoms. The lowest BCUT2D eigenvalue weighted by molar-refractivity contribution is -0.143. The average Bonchev–Trinajstić information content (AvgIpc) is 2.60.